The summed E-state index contributed by atoms with van der Waals surface area (Å²) in [6, 6.07) is 0.724. The molecule has 1 aliphatic rings. The average molecular weight is 213 g/mol. The molecule has 0 amide bonds. The summed E-state index contributed by atoms with van der Waals surface area (Å²) in [4.78, 5) is 2.59. The van der Waals surface area contributed by atoms with Crippen LogP contribution in [0.5, 0.6) is 0 Å². The fourth-order valence-corrected chi connectivity index (χ4v) is 2.25. The standard InChI is InChI=1S/C13H27NO/c1-4-10-15-11-7-13-5-8-14(9-6-13)12(2)3/h12-13H,4-11H2,1-3H3. The van der Waals surface area contributed by atoms with Crippen LogP contribution in [-0.4, -0.2) is 37.2 Å². The molecule has 15 heavy (non-hydrogen) atoms. The van der Waals surface area contributed by atoms with Crippen LogP contribution in [0.3, 0.4) is 0 Å². The lowest BCUT2D eigenvalue weighted by Gasteiger charge is -2.34. The summed E-state index contributed by atoms with van der Waals surface area (Å²) in [7, 11) is 0. The average Bonchev–Trinajstić information content (AvgIpc) is 2.25. The van der Waals surface area contributed by atoms with Gasteiger partial charge >= 0.3 is 0 Å². The molecule has 0 N–H and O–H groups in total. The zero-order valence-corrected chi connectivity index (χ0v) is 10.7. The van der Waals surface area contributed by atoms with Crippen molar-refractivity contribution in [1.82, 2.24) is 4.90 Å². The van der Waals surface area contributed by atoms with Gasteiger partial charge in [0.2, 0.25) is 0 Å². The number of ether oxygens (including phenoxy) is 1. The first kappa shape index (κ1) is 13.0. The van der Waals surface area contributed by atoms with Gasteiger partial charge in [-0.2, -0.15) is 0 Å². The Balaban J connectivity index is 2.04. The summed E-state index contributed by atoms with van der Waals surface area (Å²) in [6.45, 7) is 11.2. The smallest absolute Gasteiger partial charge is 0.0468 e. The summed E-state index contributed by atoms with van der Waals surface area (Å²) in [5, 5.41) is 0. The fraction of sp³-hybridized carbons (Fsp3) is 1.00. The molecule has 1 rings (SSSR count). The van der Waals surface area contributed by atoms with Crippen LogP contribution in [0.4, 0.5) is 0 Å². The van der Waals surface area contributed by atoms with Crippen molar-refractivity contribution in [2.75, 3.05) is 26.3 Å². The van der Waals surface area contributed by atoms with Crippen molar-refractivity contribution in [3.8, 4) is 0 Å². The van der Waals surface area contributed by atoms with E-state index in [0.717, 1.165) is 31.6 Å². The molecule has 0 atom stereocenters. The molecular weight excluding hydrogens is 186 g/mol. The third-order valence-electron chi connectivity index (χ3n) is 3.40. The second-order valence-corrected chi connectivity index (χ2v) is 4.97. The van der Waals surface area contributed by atoms with Crippen LogP contribution in [0.2, 0.25) is 0 Å². The van der Waals surface area contributed by atoms with Crippen molar-refractivity contribution < 1.29 is 4.74 Å². The maximum Gasteiger partial charge on any atom is 0.0468 e. The Morgan fingerprint density at radius 1 is 1.20 bits per heavy atom. The number of hydrogen-bond acceptors (Lipinski definition) is 2. The van der Waals surface area contributed by atoms with Gasteiger partial charge < -0.3 is 9.64 Å². The second-order valence-electron chi connectivity index (χ2n) is 4.97. The number of rotatable bonds is 6. The molecule has 0 aromatic carbocycles. The highest BCUT2D eigenvalue weighted by Gasteiger charge is 2.20. The lowest BCUT2D eigenvalue weighted by molar-refractivity contribution is 0.0942. The van der Waals surface area contributed by atoms with E-state index in [1.165, 1.54) is 32.4 Å². The predicted molar refractivity (Wildman–Crippen MR) is 65.2 cm³/mol. The molecule has 1 fully saturated rings. The molecule has 0 saturated carbocycles. The predicted octanol–water partition coefficient (Wildman–Crippen LogP) is 2.92. The molecule has 0 aromatic rings. The Labute approximate surface area is 95.0 Å². The molecule has 1 saturated heterocycles. The fourth-order valence-electron chi connectivity index (χ4n) is 2.25. The van der Waals surface area contributed by atoms with Crippen LogP contribution in [0, 0.1) is 5.92 Å². The molecule has 0 unspecified atom stereocenters. The minimum absolute atomic E-state index is 0.724. The zero-order valence-electron chi connectivity index (χ0n) is 10.7. The minimum Gasteiger partial charge on any atom is -0.381 e. The van der Waals surface area contributed by atoms with Crippen molar-refractivity contribution in [3.63, 3.8) is 0 Å². The van der Waals surface area contributed by atoms with Gasteiger partial charge in [-0.05, 0) is 58.5 Å². The zero-order chi connectivity index (χ0) is 11.1. The van der Waals surface area contributed by atoms with Gasteiger partial charge in [0.05, 0.1) is 0 Å². The molecule has 1 aliphatic heterocycles. The maximum absolute atomic E-state index is 5.55. The normalized spacial score (nSPS) is 20.0. The Bertz CT molecular complexity index is 151. The number of hydrogen-bond donors (Lipinski definition) is 0. The Hall–Kier alpha value is -0.0800. The molecular formula is C13H27NO. The second kappa shape index (κ2) is 7.24. The van der Waals surface area contributed by atoms with Gasteiger partial charge in [0, 0.05) is 19.3 Å². The monoisotopic (exact) mass is 213 g/mol. The largest absolute Gasteiger partial charge is 0.381 e. The molecule has 2 nitrogen and oxygen atoms in total. The van der Waals surface area contributed by atoms with Crippen LogP contribution in [-0.2, 0) is 4.74 Å². The van der Waals surface area contributed by atoms with E-state index in [0.29, 0.717) is 0 Å². The van der Waals surface area contributed by atoms with Gasteiger partial charge in [-0.25, -0.2) is 0 Å². The maximum atomic E-state index is 5.55. The van der Waals surface area contributed by atoms with Crippen LogP contribution in [0.25, 0.3) is 0 Å². The van der Waals surface area contributed by atoms with E-state index in [2.05, 4.69) is 25.7 Å². The van der Waals surface area contributed by atoms with Crippen molar-refractivity contribution in [2.24, 2.45) is 5.92 Å². The third-order valence-corrected chi connectivity index (χ3v) is 3.40. The summed E-state index contributed by atoms with van der Waals surface area (Å²) in [6.07, 6.45) is 5.15. The van der Waals surface area contributed by atoms with Crippen LogP contribution < -0.4 is 0 Å². The first-order valence-corrected chi connectivity index (χ1v) is 6.55. The molecule has 1 heterocycles. The number of nitrogens with zero attached hydrogens (tertiary/aromatic N) is 1. The highest BCUT2D eigenvalue weighted by Crippen LogP contribution is 2.21. The highest BCUT2D eigenvalue weighted by atomic mass is 16.5. The number of likely N-dealkylation sites (tertiary alicyclic amines) is 1. The molecule has 0 aliphatic carbocycles. The van der Waals surface area contributed by atoms with E-state index < -0.39 is 0 Å². The Kier molecular flexibility index (Phi) is 6.26. The summed E-state index contributed by atoms with van der Waals surface area (Å²) in [5.41, 5.74) is 0. The molecule has 0 radical (unpaired) electrons. The lowest BCUT2D eigenvalue weighted by atomic mass is 9.93. The van der Waals surface area contributed by atoms with Crippen LogP contribution in [0.1, 0.15) is 46.5 Å². The van der Waals surface area contributed by atoms with E-state index in [1.54, 1.807) is 0 Å². The van der Waals surface area contributed by atoms with E-state index in [9.17, 15) is 0 Å². The van der Waals surface area contributed by atoms with Gasteiger partial charge in [0.25, 0.3) is 0 Å². The number of piperidine rings is 1. The summed E-state index contributed by atoms with van der Waals surface area (Å²) < 4.78 is 5.55. The van der Waals surface area contributed by atoms with Crippen molar-refractivity contribution >= 4 is 0 Å². The molecule has 0 aromatic heterocycles. The lowest BCUT2D eigenvalue weighted by Crippen LogP contribution is -2.38. The van der Waals surface area contributed by atoms with Gasteiger partial charge in [0.1, 0.15) is 0 Å². The van der Waals surface area contributed by atoms with E-state index in [-0.39, 0.29) is 0 Å². The third kappa shape index (κ3) is 4.98. The molecule has 90 valence electrons. The van der Waals surface area contributed by atoms with Crippen LogP contribution in [0.15, 0.2) is 0 Å². The topological polar surface area (TPSA) is 12.5 Å². The Morgan fingerprint density at radius 2 is 1.87 bits per heavy atom. The van der Waals surface area contributed by atoms with Gasteiger partial charge in [-0.15, -0.1) is 0 Å². The highest BCUT2D eigenvalue weighted by molar-refractivity contribution is 4.74. The van der Waals surface area contributed by atoms with Gasteiger partial charge in [-0.3, -0.25) is 0 Å². The Morgan fingerprint density at radius 3 is 2.40 bits per heavy atom. The minimum atomic E-state index is 0.724. The SMILES string of the molecule is CCCOCCC1CCN(C(C)C)CC1. The quantitative estimate of drug-likeness (QED) is 0.629. The van der Waals surface area contributed by atoms with Crippen molar-refractivity contribution in [3.05, 3.63) is 0 Å². The van der Waals surface area contributed by atoms with E-state index in [1.807, 2.05) is 0 Å². The summed E-state index contributed by atoms with van der Waals surface area (Å²) >= 11 is 0. The van der Waals surface area contributed by atoms with Crippen LogP contribution >= 0.6 is 0 Å². The van der Waals surface area contributed by atoms with Gasteiger partial charge in [-0.1, -0.05) is 6.92 Å². The van der Waals surface area contributed by atoms with Gasteiger partial charge in [0.15, 0.2) is 0 Å². The van der Waals surface area contributed by atoms with E-state index >= 15 is 0 Å². The van der Waals surface area contributed by atoms with Crippen molar-refractivity contribution in [2.45, 2.75) is 52.5 Å². The van der Waals surface area contributed by atoms with E-state index in [4.69, 9.17) is 4.74 Å². The first-order valence-electron chi connectivity index (χ1n) is 6.55. The molecule has 2 heteroatoms. The summed E-state index contributed by atoms with van der Waals surface area (Å²) in [5.74, 6) is 0.914. The first-order chi connectivity index (χ1) is 7.24. The molecule has 0 bridgehead atoms. The van der Waals surface area contributed by atoms with Crippen molar-refractivity contribution in [1.29, 1.82) is 0 Å². The molecule has 0 spiro atoms.